The highest BCUT2D eigenvalue weighted by molar-refractivity contribution is 6.04. The molecule has 0 radical (unpaired) electrons. The Morgan fingerprint density at radius 3 is 2.93 bits per heavy atom. The molecule has 5 aliphatic heterocycles. The van der Waals surface area contributed by atoms with Crippen molar-refractivity contribution in [3.8, 4) is 0 Å². The maximum absolute atomic E-state index is 14.0. The number of ketones is 1. The predicted molar refractivity (Wildman–Crippen MR) is 97.1 cm³/mol. The molecule has 6 atom stereocenters. The number of carbonyl (C=O) groups excluding carboxylic acids is 1. The van der Waals surface area contributed by atoms with E-state index < -0.39 is 22.5 Å². The normalized spacial score (nSPS) is 49.7. The van der Waals surface area contributed by atoms with Gasteiger partial charge in [-0.2, -0.15) is 0 Å². The summed E-state index contributed by atoms with van der Waals surface area (Å²) in [6.07, 6.45) is 2.67. The number of nitrogens with one attached hydrogen (secondary N) is 1. The number of allylic oxidation sites excluding steroid dienone is 1. The molecule has 1 aromatic rings. The minimum absolute atomic E-state index is 0.0370. The SMILES string of the molecule is C/C=C1/C[N@+]2(C)CC[C@@]34c5ccccc5N[C@]35OC[C@@]4(C(=O)O)[C@H]1[C@H]2C5=O. The van der Waals surface area contributed by atoms with Crippen molar-refractivity contribution in [2.24, 2.45) is 11.3 Å². The van der Waals surface area contributed by atoms with Crippen molar-refractivity contribution in [1.29, 1.82) is 0 Å². The molecule has 4 saturated heterocycles. The molecule has 1 aromatic carbocycles. The zero-order valence-electron chi connectivity index (χ0n) is 15.5. The van der Waals surface area contributed by atoms with E-state index in [0.717, 1.165) is 29.9 Å². The number of carboxylic acid groups (broad SMARTS) is 1. The van der Waals surface area contributed by atoms with Crippen molar-refractivity contribution in [3.05, 3.63) is 41.5 Å². The standard InChI is InChI=1S/C21H22N2O4/c1-3-12-10-23(2)9-8-20-13-6-4-5-7-14(13)22-21(20)17(24)16(23)15(12)19(20,11-27-21)18(25)26/h3-7,15-16,22H,8-11H2,1-2H3/p+1/b12-3-/t15-,16+,19+,20+,21-,23+/m1/s1. The lowest BCUT2D eigenvalue weighted by Gasteiger charge is -2.50. The average molecular weight is 367 g/mol. The van der Waals surface area contributed by atoms with Crippen LogP contribution in [0.3, 0.4) is 0 Å². The lowest BCUT2D eigenvalue weighted by molar-refractivity contribution is -0.911. The molecule has 1 spiro atoms. The molecule has 140 valence electrons. The van der Waals surface area contributed by atoms with Crippen molar-refractivity contribution in [1.82, 2.24) is 0 Å². The number of ether oxygens (including phenoxy) is 1. The highest BCUT2D eigenvalue weighted by Gasteiger charge is 2.90. The average Bonchev–Trinajstić information content (AvgIpc) is 3.14. The third kappa shape index (κ3) is 1.26. The first-order valence-corrected chi connectivity index (χ1v) is 9.67. The highest BCUT2D eigenvalue weighted by atomic mass is 16.5. The Kier molecular flexibility index (Phi) is 2.51. The van der Waals surface area contributed by atoms with Gasteiger partial charge in [0, 0.05) is 12.1 Å². The van der Waals surface area contributed by atoms with Gasteiger partial charge in [-0.1, -0.05) is 24.3 Å². The number of anilines is 1. The summed E-state index contributed by atoms with van der Waals surface area (Å²) in [5, 5.41) is 14.1. The number of Topliss-reactive ketones (excluding diaryl/α,β-unsaturated/α-hetero) is 1. The van der Waals surface area contributed by atoms with Crippen molar-refractivity contribution in [2.45, 2.75) is 30.5 Å². The van der Waals surface area contributed by atoms with Gasteiger partial charge in [0.1, 0.15) is 12.0 Å². The first-order chi connectivity index (χ1) is 12.9. The lowest BCUT2D eigenvalue weighted by Crippen LogP contribution is -2.72. The molecule has 27 heavy (non-hydrogen) atoms. The Labute approximate surface area is 157 Å². The third-order valence-corrected chi connectivity index (χ3v) is 8.40. The smallest absolute Gasteiger partial charge is 0.314 e. The molecule has 0 unspecified atom stereocenters. The second kappa shape index (κ2) is 4.28. The molecule has 5 heterocycles. The van der Waals surface area contributed by atoms with E-state index in [0.29, 0.717) is 10.9 Å². The molecule has 6 nitrogen and oxygen atoms in total. The van der Waals surface area contributed by atoms with Crippen molar-refractivity contribution in [2.75, 3.05) is 32.1 Å². The van der Waals surface area contributed by atoms with E-state index in [9.17, 15) is 14.7 Å². The van der Waals surface area contributed by atoms with E-state index in [1.165, 1.54) is 0 Å². The number of fused-ring (bicyclic) bond motifs is 2. The molecule has 6 heteroatoms. The van der Waals surface area contributed by atoms with Crippen LogP contribution in [0.1, 0.15) is 18.9 Å². The molecule has 7 rings (SSSR count). The molecule has 0 amide bonds. The minimum Gasteiger partial charge on any atom is -0.481 e. The number of rotatable bonds is 1. The summed E-state index contributed by atoms with van der Waals surface area (Å²) in [5.74, 6) is -1.11. The number of benzene rings is 1. The number of carbonyl (C=O) groups is 2. The van der Waals surface area contributed by atoms with Gasteiger partial charge in [0.15, 0.2) is 6.04 Å². The number of quaternary nitrogens is 1. The highest BCUT2D eigenvalue weighted by Crippen LogP contribution is 2.74. The van der Waals surface area contributed by atoms with Gasteiger partial charge in [-0.3, -0.25) is 9.59 Å². The van der Waals surface area contributed by atoms with Crippen LogP contribution in [-0.2, 0) is 19.7 Å². The van der Waals surface area contributed by atoms with E-state index >= 15 is 0 Å². The molecular formula is C21H23N2O4+. The minimum atomic E-state index is -1.25. The topological polar surface area (TPSA) is 75.6 Å². The summed E-state index contributed by atoms with van der Waals surface area (Å²) in [5.41, 5.74) is -0.372. The first-order valence-electron chi connectivity index (χ1n) is 9.67. The Balaban J connectivity index is 1.79. The fraction of sp³-hybridized carbons (Fsp3) is 0.524. The zero-order chi connectivity index (χ0) is 18.8. The number of carboxylic acids is 1. The van der Waals surface area contributed by atoms with Crippen LogP contribution in [0.4, 0.5) is 5.69 Å². The molecular weight excluding hydrogens is 344 g/mol. The summed E-state index contributed by atoms with van der Waals surface area (Å²) >= 11 is 0. The van der Waals surface area contributed by atoms with Gasteiger partial charge in [0.05, 0.1) is 31.5 Å². The van der Waals surface area contributed by atoms with Crippen LogP contribution < -0.4 is 5.32 Å². The summed E-state index contributed by atoms with van der Waals surface area (Å²) < 4.78 is 6.86. The van der Waals surface area contributed by atoms with E-state index in [1.54, 1.807) is 0 Å². The number of nitrogens with zero attached hydrogens (tertiary/aromatic N) is 1. The van der Waals surface area contributed by atoms with Crippen molar-refractivity contribution >= 4 is 17.4 Å². The summed E-state index contributed by atoms with van der Waals surface area (Å²) in [7, 11) is 2.11. The Bertz CT molecular complexity index is 973. The number of hydrogen-bond donors (Lipinski definition) is 2. The maximum Gasteiger partial charge on any atom is 0.314 e. The number of likely N-dealkylation sites (N-methyl/N-ethyl adjacent to an activating group) is 1. The second-order valence-corrected chi connectivity index (χ2v) is 9.08. The molecule has 5 fully saturated rings. The van der Waals surface area contributed by atoms with Crippen LogP contribution >= 0.6 is 0 Å². The molecule has 2 N–H and O–H groups in total. The van der Waals surface area contributed by atoms with Gasteiger partial charge in [0.25, 0.3) is 0 Å². The zero-order valence-corrected chi connectivity index (χ0v) is 15.5. The van der Waals surface area contributed by atoms with Crippen molar-refractivity contribution in [3.63, 3.8) is 0 Å². The summed E-state index contributed by atoms with van der Waals surface area (Å²) in [4.78, 5) is 27.0. The van der Waals surface area contributed by atoms with Crippen LogP contribution in [0, 0.1) is 11.3 Å². The van der Waals surface area contributed by atoms with E-state index in [-0.39, 0.29) is 24.3 Å². The Hall–Kier alpha value is -2.18. The lowest BCUT2D eigenvalue weighted by atomic mass is 9.46. The third-order valence-electron chi connectivity index (χ3n) is 8.40. The van der Waals surface area contributed by atoms with Gasteiger partial charge in [-0.15, -0.1) is 0 Å². The van der Waals surface area contributed by atoms with Gasteiger partial charge >= 0.3 is 5.97 Å². The van der Waals surface area contributed by atoms with Crippen LogP contribution in [0.5, 0.6) is 0 Å². The van der Waals surface area contributed by atoms with Crippen LogP contribution in [-0.4, -0.2) is 59.9 Å². The quantitative estimate of drug-likeness (QED) is 0.582. The summed E-state index contributed by atoms with van der Waals surface area (Å²) in [6.45, 7) is 3.57. The Morgan fingerprint density at radius 2 is 2.19 bits per heavy atom. The van der Waals surface area contributed by atoms with E-state index in [2.05, 4.69) is 12.4 Å². The predicted octanol–water partition coefficient (Wildman–Crippen LogP) is 1.53. The van der Waals surface area contributed by atoms with E-state index in [1.807, 2.05) is 37.3 Å². The number of hydrogen-bond acceptors (Lipinski definition) is 4. The van der Waals surface area contributed by atoms with Crippen molar-refractivity contribution < 1.29 is 23.9 Å². The molecule has 1 aliphatic carbocycles. The van der Waals surface area contributed by atoms with Crippen LogP contribution in [0.15, 0.2) is 35.9 Å². The van der Waals surface area contributed by atoms with E-state index in [4.69, 9.17) is 4.74 Å². The van der Waals surface area contributed by atoms with Crippen LogP contribution in [0.25, 0.3) is 0 Å². The van der Waals surface area contributed by atoms with Gasteiger partial charge in [-0.05, 0) is 24.1 Å². The fourth-order valence-electron chi connectivity index (χ4n) is 7.44. The van der Waals surface area contributed by atoms with Gasteiger partial charge in [0.2, 0.25) is 11.5 Å². The van der Waals surface area contributed by atoms with Gasteiger partial charge < -0.3 is 19.6 Å². The largest absolute Gasteiger partial charge is 0.481 e. The number of para-hydroxylation sites is 1. The van der Waals surface area contributed by atoms with Gasteiger partial charge in [-0.25, -0.2) is 0 Å². The molecule has 6 aliphatic rings. The second-order valence-electron chi connectivity index (χ2n) is 9.08. The van der Waals surface area contributed by atoms with Crippen LogP contribution in [0.2, 0.25) is 0 Å². The molecule has 0 aromatic heterocycles. The number of aliphatic carboxylic acids is 1. The molecule has 1 saturated carbocycles. The molecule has 6 bridgehead atoms. The first kappa shape index (κ1) is 15.8. The Morgan fingerprint density at radius 1 is 1.41 bits per heavy atom. The summed E-state index contributed by atoms with van der Waals surface area (Å²) in [6, 6.07) is 7.42. The maximum atomic E-state index is 14.0. The monoisotopic (exact) mass is 367 g/mol. The fourth-order valence-corrected chi connectivity index (χ4v) is 7.44.